The Bertz CT molecular complexity index is 717. The molecule has 9 heteroatoms. The van der Waals surface area contributed by atoms with Gasteiger partial charge in [-0.05, 0) is 25.0 Å². The lowest BCUT2D eigenvalue weighted by Gasteiger charge is -2.39. The molecule has 0 aromatic heterocycles. The Kier molecular flexibility index (Phi) is 5.69. The molecule has 1 aromatic rings. The van der Waals surface area contributed by atoms with Gasteiger partial charge in [-0.15, -0.1) is 0 Å². The van der Waals surface area contributed by atoms with E-state index in [4.69, 9.17) is 4.74 Å². The van der Waals surface area contributed by atoms with E-state index in [9.17, 15) is 27.2 Å². The molecule has 27 heavy (non-hydrogen) atoms. The Morgan fingerprint density at radius 2 is 2.04 bits per heavy atom. The summed E-state index contributed by atoms with van der Waals surface area (Å²) in [6.45, 7) is 0.598. The molecule has 2 aliphatic heterocycles. The third-order valence-electron chi connectivity index (χ3n) is 4.85. The van der Waals surface area contributed by atoms with Gasteiger partial charge in [0.15, 0.2) is 0 Å². The van der Waals surface area contributed by atoms with Crippen LogP contribution in [0.1, 0.15) is 36.8 Å². The number of alkyl halides is 3. The van der Waals surface area contributed by atoms with Crippen molar-refractivity contribution >= 4 is 11.8 Å². The summed E-state index contributed by atoms with van der Waals surface area (Å²) in [5.74, 6) is -0.979. The summed E-state index contributed by atoms with van der Waals surface area (Å²) in [5.41, 5.74) is -0.993. The van der Waals surface area contributed by atoms with E-state index in [1.165, 1.54) is 0 Å². The van der Waals surface area contributed by atoms with Crippen molar-refractivity contribution in [3.63, 3.8) is 0 Å². The fourth-order valence-corrected chi connectivity index (χ4v) is 3.15. The SMILES string of the molecule is O=C1CCC(CCC(=O)N2CC(OCc3ccc(C(F)(F)F)cc3F)C2)N1. The normalized spacial score (nSPS) is 20.5. The van der Waals surface area contributed by atoms with Crippen molar-refractivity contribution in [3.8, 4) is 0 Å². The lowest BCUT2D eigenvalue weighted by Crippen LogP contribution is -2.54. The predicted octanol–water partition coefficient (Wildman–Crippen LogP) is 2.63. The Morgan fingerprint density at radius 3 is 2.63 bits per heavy atom. The van der Waals surface area contributed by atoms with Gasteiger partial charge in [0.2, 0.25) is 11.8 Å². The van der Waals surface area contributed by atoms with Crippen molar-refractivity contribution < 1.29 is 31.9 Å². The summed E-state index contributed by atoms with van der Waals surface area (Å²) in [5, 5.41) is 2.81. The highest BCUT2D eigenvalue weighted by atomic mass is 19.4. The van der Waals surface area contributed by atoms with Crippen LogP contribution < -0.4 is 5.32 Å². The van der Waals surface area contributed by atoms with Gasteiger partial charge in [0.05, 0.1) is 18.3 Å². The molecule has 1 N–H and O–H groups in total. The van der Waals surface area contributed by atoms with Gasteiger partial charge in [0, 0.05) is 37.5 Å². The maximum atomic E-state index is 13.8. The minimum absolute atomic E-state index is 0.0142. The topological polar surface area (TPSA) is 58.6 Å². The van der Waals surface area contributed by atoms with Gasteiger partial charge in [-0.1, -0.05) is 6.07 Å². The Morgan fingerprint density at radius 1 is 1.30 bits per heavy atom. The van der Waals surface area contributed by atoms with Crippen LogP contribution in [0.15, 0.2) is 18.2 Å². The second kappa shape index (κ2) is 7.84. The molecule has 1 aromatic carbocycles. The number of carbonyl (C=O) groups excluding carboxylic acids is 2. The number of likely N-dealkylation sites (tertiary alicyclic amines) is 1. The monoisotopic (exact) mass is 388 g/mol. The molecule has 5 nitrogen and oxygen atoms in total. The molecule has 0 saturated carbocycles. The lowest BCUT2D eigenvalue weighted by atomic mass is 10.1. The first kappa shape index (κ1) is 19.6. The van der Waals surface area contributed by atoms with Crippen molar-refractivity contribution in [2.24, 2.45) is 0 Å². The number of ether oxygens (including phenoxy) is 1. The fourth-order valence-electron chi connectivity index (χ4n) is 3.15. The van der Waals surface area contributed by atoms with Crippen molar-refractivity contribution in [2.75, 3.05) is 13.1 Å². The minimum Gasteiger partial charge on any atom is -0.370 e. The second-order valence-electron chi connectivity index (χ2n) is 6.88. The molecule has 2 aliphatic rings. The standard InChI is InChI=1S/C18H20F4N2O3/c19-15-7-12(18(20,21)22)2-1-11(15)10-27-14-8-24(9-14)17(26)6-4-13-3-5-16(25)23-13/h1-2,7,13-14H,3-6,8-10H2,(H,23,25). The van der Waals surface area contributed by atoms with Crippen LogP contribution in [0.2, 0.25) is 0 Å². The van der Waals surface area contributed by atoms with Crippen molar-refractivity contribution in [3.05, 3.63) is 35.1 Å². The molecule has 1 unspecified atom stereocenters. The van der Waals surface area contributed by atoms with Crippen LogP contribution in [0.5, 0.6) is 0 Å². The number of nitrogens with zero attached hydrogens (tertiary/aromatic N) is 1. The van der Waals surface area contributed by atoms with E-state index in [-0.39, 0.29) is 36.1 Å². The zero-order valence-corrected chi connectivity index (χ0v) is 14.5. The highest BCUT2D eigenvalue weighted by Crippen LogP contribution is 2.30. The van der Waals surface area contributed by atoms with Crippen molar-refractivity contribution in [2.45, 2.75) is 50.6 Å². The molecule has 2 saturated heterocycles. The molecule has 0 spiro atoms. The molecule has 3 rings (SSSR count). The van der Waals surface area contributed by atoms with E-state index < -0.39 is 17.6 Å². The smallest absolute Gasteiger partial charge is 0.370 e. The summed E-state index contributed by atoms with van der Waals surface area (Å²) >= 11 is 0. The largest absolute Gasteiger partial charge is 0.416 e. The van der Waals surface area contributed by atoms with E-state index in [2.05, 4.69) is 5.32 Å². The number of nitrogens with one attached hydrogen (secondary N) is 1. The fraction of sp³-hybridized carbons (Fsp3) is 0.556. The van der Waals surface area contributed by atoms with E-state index >= 15 is 0 Å². The maximum Gasteiger partial charge on any atom is 0.416 e. The molecule has 0 aliphatic carbocycles. The Hall–Kier alpha value is -2.16. The number of hydrogen-bond acceptors (Lipinski definition) is 3. The van der Waals surface area contributed by atoms with Crippen LogP contribution in [-0.2, 0) is 27.1 Å². The van der Waals surface area contributed by atoms with Gasteiger partial charge in [-0.3, -0.25) is 9.59 Å². The van der Waals surface area contributed by atoms with E-state index in [1.807, 2.05) is 0 Å². The van der Waals surface area contributed by atoms with Crippen LogP contribution in [0.3, 0.4) is 0 Å². The van der Waals surface area contributed by atoms with Gasteiger partial charge in [-0.25, -0.2) is 4.39 Å². The molecule has 0 bridgehead atoms. The molecule has 2 amide bonds. The molecule has 2 fully saturated rings. The molecule has 1 atom stereocenters. The summed E-state index contributed by atoms with van der Waals surface area (Å²) in [6.07, 6.45) is -2.66. The molecular weight excluding hydrogens is 368 g/mol. The van der Waals surface area contributed by atoms with Gasteiger partial charge >= 0.3 is 6.18 Å². The third-order valence-corrected chi connectivity index (χ3v) is 4.85. The number of carbonyl (C=O) groups is 2. The summed E-state index contributed by atoms with van der Waals surface area (Å²) in [7, 11) is 0. The van der Waals surface area contributed by atoms with Gasteiger partial charge in [0.1, 0.15) is 5.82 Å². The summed E-state index contributed by atoms with van der Waals surface area (Å²) in [6, 6.07) is 2.39. The number of rotatable bonds is 6. The quantitative estimate of drug-likeness (QED) is 0.763. The van der Waals surface area contributed by atoms with Crippen LogP contribution in [0.4, 0.5) is 17.6 Å². The number of amides is 2. The zero-order valence-electron chi connectivity index (χ0n) is 14.5. The zero-order chi connectivity index (χ0) is 19.6. The minimum atomic E-state index is -4.59. The molecule has 2 heterocycles. The third kappa shape index (κ3) is 4.97. The predicted molar refractivity (Wildman–Crippen MR) is 87.0 cm³/mol. The van der Waals surface area contributed by atoms with Crippen molar-refractivity contribution in [1.82, 2.24) is 10.2 Å². The highest BCUT2D eigenvalue weighted by Gasteiger charge is 2.33. The second-order valence-corrected chi connectivity index (χ2v) is 6.88. The first-order valence-corrected chi connectivity index (χ1v) is 8.76. The van der Waals surface area contributed by atoms with Crippen molar-refractivity contribution in [1.29, 1.82) is 0 Å². The number of hydrogen-bond donors (Lipinski definition) is 1. The van der Waals surface area contributed by atoms with E-state index in [1.54, 1.807) is 4.90 Å². The molecule has 148 valence electrons. The summed E-state index contributed by atoms with van der Waals surface area (Å²) < 4.78 is 56.8. The Labute approximate surface area is 153 Å². The van der Waals surface area contributed by atoms with Crippen LogP contribution >= 0.6 is 0 Å². The van der Waals surface area contributed by atoms with Gasteiger partial charge < -0.3 is 15.0 Å². The average molecular weight is 388 g/mol. The van der Waals surface area contributed by atoms with Gasteiger partial charge in [0.25, 0.3) is 0 Å². The highest BCUT2D eigenvalue weighted by molar-refractivity contribution is 5.79. The summed E-state index contributed by atoms with van der Waals surface area (Å²) in [4.78, 5) is 24.8. The van der Waals surface area contributed by atoms with Crippen LogP contribution in [-0.4, -0.2) is 41.9 Å². The number of benzene rings is 1. The average Bonchev–Trinajstić information content (AvgIpc) is 2.97. The van der Waals surface area contributed by atoms with E-state index in [0.29, 0.717) is 38.4 Å². The molecular formula is C18H20F4N2O3. The lowest BCUT2D eigenvalue weighted by molar-refractivity contribution is -0.146. The van der Waals surface area contributed by atoms with E-state index in [0.717, 1.165) is 18.6 Å². The Balaban J connectivity index is 1.38. The molecule has 0 radical (unpaired) electrons. The van der Waals surface area contributed by atoms with Gasteiger partial charge in [-0.2, -0.15) is 13.2 Å². The first-order valence-electron chi connectivity index (χ1n) is 8.76. The number of halogens is 4. The maximum absolute atomic E-state index is 13.8. The van der Waals surface area contributed by atoms with Crippen LogP contribution in [0.25, 0.3) is 0 Å². The first-order chi connectivity index (χ1) is 12.7. The van der Waals surface area contributed by atoms with Crippen LogP contribution in [0, 0.1) is 5.82 Å².